The second kappa shape index (κ2) is 12.1. The molecule has 6 N–H and O–H groups in total. The van der Waals surface area contributed by atoms with Crippen LogP contribution in [-0.2, 0) is 10.8 Å². The van der Waals surface area contributed by atoms with E-state index in [0.29, 0.717) is 33.2 Å². The van der Waals surface area contributed by atoms with Crippen molar-refractivity contribution < 1.29 is 10.2 Å². The molecule has 0 unspecified atom stereocenters. The average Bonchev–Trinajstić information content (AvgIpc) is 2.84. The predicted octanol–water partition coefficient (Wildman–Crippen LogP) is 6.25. The molecule has 2 aromatic carbocycles. The second-order valence-electron chi connectivity index (χ2n) is 9.50. The summed E-state index contributed by atoms with van der Waals surface area (Å²) >= 11 is 23.9. The summed E-state index contributed by atoms with van der Waals surface area (Å²) in [5.74, 6) is 0. The molecule has 0 radical (unpaired) electrons. The normalized spacial score (nSPS) is 29.3. The third-order valence-electron chi connectivity index (χ3n) is 7.69. The average molecular weight is 548 g/mol. The van der Waals surface area contributed by atoms with E-state index < -0.39 is 12.2 Å². The molecule has 4 nitrogen and oxygen atoms in total. The first-order valence-corrected chi connectivity index (χ1v) is 13.4. The van der Waals surface area contributed by atoms with Gasteiger partial charge in [-0.05, 0) is 61.1 Å². The van der Waals surface area contributed by atoms with E-state index in [-0.39, 0.29) is 10.8 Å². The molecule has 8 heteroatoms. The van der Waals surface area contributed by atoms with Crippen molar-refractivity contribution >= 4 is 46.4 Å². The summed E-state index contributed by atoms with van der Waals surface area (Å²) < 4.78 is 0. The van der Waals surface area contributed by atoms with Crippen molar-refractivity contribution in [2.24, 2.45) is 11.5 Å². The van der Waals surface area contributed by atoms with Gasteiger partial charge in [-0.15, -0.1) is 0 Å². The first-order chi connectivity index (χ1) is 16.2. The minimum atomic E-state index is -0.390. The van der Waals surface area contributed by atoms with E-state index in [9.17, 15) is 10.2 Å². The smallest absolute Gasteiger partial charge is 0.0649 e. The largest absolute Gasteiger partial charge is 0.392 e. The van der Waals surface area contributed by atoms with Crippen molar-refractivity contribution in [3.63, 3.8) is 0 Å². The molecule has 2 fully saturated rings. The van der Waals surface area contributed by atoms with Crippen LogP contribution in [0.3, 0.4) is 0 Å². The van der Waals surface area contributed by atoms with Gasteiger partial charge in [0.2, 0.25) is 0 Å². The third kappa shape index (κ3) is 5.71. The Morgan fingerprint density at radius 2 is 1.03 bits per heavy atom. The lowest BCUT2D eigenvalue weighted by Crippen LogP contribution is -2.48. The molecule has 188 valence electrons. The standard InChI is InChI=1S/2C13H17Cl2NO/c2*14-10-5-4-9(7-11(10)15)13(8-16)6-2-1-3-12(13)17/h2*4-5,7,12,17H,1-3,6,8,16H2/t12-,13+;12-,13-/m01/s1. The van der Waals surface area contributed by atoms with Gasteiger partial charge in [0, 0.05) is 23.9 Å². The zero-order valence-electron chi connectivity index (χ0n) is 19.3. The van der Waals surface area contributed by atoms with E-state index in [1.165, 1.54) is 0 Å². The lowest BCUT2D eigenvalue weighted by molar-refractivity contribution is 0.0462. The number of rotatable bonds is 4. The number of aliphatic hydroxyl groups excluding tert-OH is 2. The van der Waals surface area contributed by atoms with Gasteiger partial charge in [-0.2, -0.15) is 0 Å². The molecule has 2 aromatic rings. The minimum absolute atomic E-state index is 0.355. The highest BCUT2D eigenvalue weighted by Gasteiger charge is 2.41. The van der Waals surface area contributed by atoms with Gasteiger partial charge in [-0.3, -0.25) is 0 Å². The van der Waals surface area contributed by atoms with Crippen molar-refractivity contribution in [2.45, 2.75) is 74.4 Å². The van der Waals surface area contributed by atoms with Crippen LogP contribution in [-0.4, -0.2) is 35.5 Å². The Labute approximate surface area is 222 Å². The Morgan fingerprint density at radius 3 is 1.32 bits per heavy atom. The van der Waals surface area contributed by atoms with Crippen LogP contribution in [0, 0.1) is 0 Å². The highest BCUT2D eigenvalue weighted by atomic mass is 35.5. The van der Waals surface area contributed by atoms with Crippen LogP contribution in [0.2, 0.25) is 20.1 Å². The van der Waals surface area contributed by atoms with Gasteiger partial charge in [0.25, 0.3) is 0 Å². The molecule has 2 aliphatic rings. The maximum atomic E-state index is 10.3. The van der Waals surface area contributed by atoms with Crippen LogP contribution >= 0.6 is 46.4 Å². The highest BCUT2D eigenvalue weighted by molar-refractivity contribution is 6.42. The van der Waals surface area contributed by atoms with Crippen molar-refractivity contribution in [1.82, 2.24) is 0 Å². The molecule has 0 saturated heterocycles. The fourth-order valence-corrected chi connectivity index (χ4v) is 6.04. The first-order valence-electron chi connectivity index (χ1n) is 11.9. The Kier molecular flexibility index (Phi) is 9.99. The summed E-state index contributed by atoms with van der Waals surface area (Å²) in [5.41, 5.74) is 13.1. The lowest BCUT2D eigenvalue weighted by atomic mass is 9.67. The Balaban J connectivity index is 0.000000191. The summed E-state index contributed by atoms with van der Waals surface area (Å²) in [7, 11) is 0. The molecule has 0 spiro atoms. The van der Waals surface area contributed by atoms with Crippen molar-refractivity contribution in [1.29, 1.82) is 0 Å². The maximum Gasteiger partial charge on any atom is 0.0649 e. The predicted molar refractivity (Wildman–Crippen MR) is 143 cm³/mol. The molecule has 0 amide bonds. The number of benzene rings is 2. The summed E-state index contributed by atoms with van der Waals surface area (Å²) in [6.45, 7) is 0.873. The zero-order chi connectivity index (χ0) is 24.9. The Hall–Kier alpha value is -0.560. The Bertz CT molecular complexity index is 898. The van der Waals surface area contributed by atoms with E-state index >= 15 is 0 Å². The van der Waals surface area contributed by atoms with E-state index in [2.05, 4.69) is 0 Å². The van der Waals surface area contributed by atoms with Gasteiger partial charge in [0.1, 0.15) is 0 Å². The third-order valence-corrected chi connectivity index (χ3v) is 9.17. The summed E-state index contributed by atoms with van der Waals surface area (Å²) in [5, 5.41) is 22.7. The molecular weight excluding hydrogens is 514 g/mol. The van der Waals surface area contributed by atoms with E-state index in [4.69, 9.17) is 57.9 Å². The molecule has 0 aromatic heterocycles. The van der Waals surface area contributed by atoms with Crippen molar-refractivity contribution in [3.8, 4) is 0 Å². The van der Waals surface area contributed by atoms with Crippen LogP contribution in [0.5, 0.6) is 0 Å². The van der Waals surface area contributed by atoms with Crippen LogP contribution in [0.1, 0.15) is 62.5 Å². The minimum Gasteiger partial charge on any atom is -0.392 e. The van der Waals surface area contributed by atoms with Gasteiger partial charge in [0.05, 0.1) is 32.3 Å². The molecule has 2 saturated carbocycles. The summed E-state index contributed by atoms with van der Waals surface area (Å²) in [6, 6.07) is 11.1. The van der Waals surface area contributed by atoms with Crippen molar-refractivity contribution in [3.05, 3.63) is 67.6 Å². The van der Waals surface area contributed by atoms with E-state index in [0.717, 1.165) is 62.5 Å². The molecule has 0 aliphatic heterocycles. The number of nitrogens with two attached hydrogens (primary N) is 2. The quantitative estimate of drug-likeness (QED) is 0.364. The number of hydrogen-bond donors (Lipinski definition) is 4. The molecule has 2 aliphatic carbocycles. The SMILES string of the molecule is NC[C@@]1(c2ccc(Cl)c(Cl)c2)CCCC[C@@H]1O.NC[C@@]1(c2ccc(Cl)c(Cl)c2)CCCC[C@H]1O. The lowest BCUT2D eigenvalue weighted by Gasteiger charge is -2.41. The van der Waals surface area contributed by atoms with Gasteiger partial charge in [-0.1, -0.05) is 84.2 Å². The van der Waals surface area contributed by atoms with Crippen molar-refractivity contribution in [2.75, 3.05) is 13.1 Å². The summed E-state index contributed by atoms with van der Waals surface area (Å²) in [6.07, 6.45) is 6.94. The van der Waals surface area contributed by atoms with Gasteiger partial charge >= 0.3 is 0 Å². The number of halogens is 4. The summed E-state index contributed by atoms with van der Waals surface area (Å²) in [4.78, 5) is 0. The van der Waals surface area contributed by atoms with Gasteiger partial charge in [-0.25, -0.2) is 0 Å². The molecular formula is C26H34Cl4N2O2. The van der Waals surface area contributed by atoms with Gasteiger partial charge < -0.3 is 21.7 Å². The van der Waals surface area contributed by atoms with Gasteiger partial charge in [0.15, 0.2) is 0 Å². The zero-order valence-corrected chi connectivity index (χ0v) is 22.3. The molecule has 0 heterocycles. The number of hydrogen-bond acceptors (Lipinski definition) is 4. The van der Waals surface area contributed by atoms with E-state index in [1.807, 2.05) is 24.3 Å². The first kappa shape index (κ1) is 28.0. The van der Waals surface area contributed by atoms with Crippen LogP contribution in [0.4, 0.5) is 0 Å². The van der Waals surface area contributed by atoms with Crippen LogP contribution < -0.4 is 11.5 Å². The van der Waals surface area contributed by atoms with Crippen LogP contribution in [0.25, 0.3) is 0 Å². The highest BCUT2D eigenvalue weighted by Crippen LogP contribution is 2.42. The topological polar surface area (TPSA) is 92.5 Å². The molecule has 4 atom stereocenters. The molecule has 0 bridgehead atoms. The van der Waals surface area contributed by atoms with Crippen LogP contribution in [0.15, 0.2) is 36.4 Å². The molecule has 4 rings (SSSR count). The Morgan fingerprint density at radius 1 is 0.647 bits per heavy atom. The fraction of sp³-hybridized carbons (Fsp3) is 0.538. The van der Waals surface area contributed by atoms with E-state index in [1.54, 1.807) is 12.1 Å². The fourth-order valence-electron chi connectivity index (χ4n) is 5.44. The number of aliphatic hydroxyl groups is 2. The molecule has 34 heavy (non-hydrogen) atoms. The maximum absolute atomic E-state index is 10.3. The monoisotopic (exact) mass is 546 g/mol. The second-order valence-corrected chi connectivity index (χ2v) is 11.1.